The Morgan fingerprint density at radius 1 is 1.62 bits per heavy atom. The Balaban J connectivity index is 2.89. The fraction of sp³-hybridized carbons (Fsp3) is 0.714. The fourth-order valence-electron chi connectivity index (χ4n) is 1.24. The average Bonchev–Trinajstić information content (AvgIpc) is 2.24. The van der Waals surface area contributed by atoms with E-state index in [0.717, 1.165) is 0 Å². The van der Waals surface area contributed by atoms with Crippen molar-refractivity contribution in [3.63, 3.8) is 0 Å². The second-order valence-corrected chi connectivity index (χ2v) is 5.64. The minimum absolute atomic E-state index is 0.187. The lowest BCUT2D eigenvalue weighted by Gasteiger charge is -2.16. The van der Waals surface area contributed by atoms with Gasteiger partial charge in [-0.2, -0.15) is 13.2 Å². The highest BCUT2D eigenvalue weighted by atomic mass is 31.2. The van der Waals surface area contributed by atoms with Gasteiger partial charge in [-0.15, -0.1) is 6.42 Å². The summed E-state index contributed by atoms with van der Waals surface area (Å²) < 4.78 is 52.2. The van der Waals surface area contributed by atoms with Gasteiger partial charge in [-0.25, -0.2) is 0 Å². The molecule has 0 radical (unpaired) electrons. The molecule has 0 aliphatic carbocycles. The van der Waals surface area contributed by atoms with E-state index in [1.807, 2.05) is 5.92 Å². The van der Waals surface area contributed by atoms with E-state index >= 15 is 0 Å². The number of hydrogen-bond acceptors (Lipinski definition) is 2. The van der Waals surface area contributed by atoms with Crippen LogP contribution in [0.3, 0.4) is 0 Å². The summed E-state index contributed by atoms with van der Waals surface area (Å²) >= 11 is 0. The van der Waals surface area contributed by atoms with Gasteiger partial charge in [0, 0.05) is 12.8 Å². The van der Waals surface area contributed by atoms with Crippen molar-refractivity contribution in [1.29, 1.82) is 0 Å². The molecule has 0 N–H and O–H groups in total. The monoisotopic (exact) mass is 212 g/mol. The Bertz CT molecular complexity index is 291. The van der Waals surface area contributed by atoms with Gasteiger partial charge in [0.1, 0.15) is 0 Å². The van der Waals surface area contributed by atoms with Crippen LogP contribution in [-0.2, 0) is 9.09 Å². The highest BCUT2D eigenvalue weighted by Gasteiger charge is 2.53. The predicted octanol–water partition coefficient (Wildman–Crippen LogP) is 2.10. The SMILES string of the molecule is C#CC1CP(C)(=O)OC1C(F)(F)F. The Morgan fingerprint density at radius 2 is 2.15 bits per heavy atom. The molecule has 0 amide bonds. The van der Waals surface area contributed by atoms with Crippen molar-refractivity contribution in [3.05, 3.63) is 0 Å². The minimum Gasteiger partial charge on any atom is -0.314 e. The quantitative estimate of drug-likeness (QED) is 0.454. The molecule has 74 valence electrons. The molecule has 0 bridgehead atoms. The van der Waals surface area contributed by atoms with Crippen LogP contribution in [0.5, 0.6) is 0 Å². The predicted molar refractivity (Wildman–Crippen MR) is 41.6 cm³/mol. The summed E-state index contributed by atoms with van der Waals surface area (Å²) in [6.07, 6.45) is -1.89. The zero-order chi connectivity index (χ0) is 10.3. The van der Waals surface area contributed by atoms with Crippen molar-refractivity contribution >= 4 is 7.37 Å². The molecule has 6 heteroatoms. The molecule has 2 nitrogen and oxygen atoms in total. The molecule has 13 heavy (non-hydrogen) atoms. The maximum Gasteiger partial charge on any atom is 0.416 e. The fourth-order valence-corrected chi connectivity index (χ4v) is 3.08. The molecule has 1 saturated heterocycles. The second-order valence-electron chi connectivity index (χ2n) is 3.04. The molecular formula is C7H8F3O2P. The Kier molecular flexibility index (Phi) is 2.48. The molecule has 3 atom stereocenters. The third kappa shape index (κ3) is 2.26. The third-order valence-corrected chi connectivity index (χ3v) is 3.50. The van der Waals surface area contributed by atoms with Gasteiger partial charge in [-0.05, 0) is 0 Å². The highest BCUT2D eigenvalue weighted by Crippen LogP contribution is 2.56. The molecule has 0 spiro atoms. The zero-order valence-electron chi connectivity index (χ0n) is 6.84. The normalized spacial score (nSPS) is 40.2. The van der Waals surface area contributed by atoms with E-state index < -0.39 is 25.6 Å². The van der Waals surface area contributed by atoms with Crippen LogP contribution in [0.25, 0.3) is 0 Å². The molecule has 3 unspecified atom stereocenters. The van der Waals surface area contributed by atoms with Crippen molar-refractivity contribution < 1.29 is 22.3 Å². The summed E-state index contributed by atoms with van der Waals surface area (Å²) in [7, 11) is -3.13. The van der Waals surface area contributed by atoms with Crippen molar-refractivity contribution in [3.8, 4) is 12.3 Å². The molecule has 0 saturated carbocycles. The van der Waals surface area contributed by atoms with Crippen LogP contribution >= 0.6 is 7.37 Å². The topological polar surface area (TPSA) is 26.3 Å². The van der Waals surface area contributed by atoms with Crippen LogP contribution in [0.15, 0.2) is 0 Å². The van der Waals surface area contributed by atoms with E-state index in [9.17, 15) is 17.7 Å². The van der Waals surface area contributed by atoms with E-state index in [1.165, 1.54) is 6.66 Å². The van der Waals surface area contributed by atoms with Crippen LogP contribution in [0, 0.1) is 18.3 Å². The van der Waals surface area contributed by atoms with Gasteiger partial charge in [0.2, 0.25) is 7.37 Å². The van der Waals surface area contributed by atoms with Crippen molar-refractivity contribution in [1.82, 2.24) is 0 Å². The van der Waals surface area contributed by atoms with E-state index in [-0.39, 0.29) is 6.16 Å². The third-order valence-electron chi connectivity index (χ3n) is 1.77. The molecule has 1 heterocycles. The number of hydrogen-bond donors (Lipinski definition) is 0. The highest BCUT2D eigenvalue weighted by molar-refractivity contribution is 7.58. The Hall–Kier alpha value is -0.460. The Labute approximate surface area is 73.9 Å². The van der Waals surface area contributed by atoms with Gasteiger partial charge in [-0.1, -0.05) is 5.92 Å². The molecule has 0 aromatic heterocycles. The van der Waals surface area contributed by atoms with Crippen LogP contribution in [0.4, 0.5) is 13.2 Å². The van der Waals surface area contributed by atoms with Gasteiger partial charge in [0.25, 0.3) is 0 Å². The van der Waals surface area contributed by atoms with Crippen LogP contribution in [0.2, 0.25) is 0 Å². The molecule has 0 aromatic carbocycles. The smallest absolute Gasteiger partial charge is 0.314 e. The number of alkyl halides is 3. The summed E-state index contributed by atoms with van der Waals surface area (Å²) in [4.78, 5) is 0. The molecule has 1 aliphatic rings. The summed E-state index contributed by atoms with van der Waals surface area (Å²) in [6, 6.07) is 0. The van der Waals surface area contributed by atoms with Gasteiger partial charge in [0.15, 0.2) is 6.10 Å². The van der Waals surface area contributed by atoms with E-state index in [4.69, 9.17) is 6.42 Å². The van der Waals surface area contributed by atoms with Crippen LogP contribution < -0.4 is 0 Å². The number of terminal acetylenes is 1. The van der Waals surface area contributed by atoms with Crippen molar-refractivity contribution in [2.45, 2.75) is 12.3 Å². The number of halogens is 3. The molecular weight excluding hydrogens is 204 g/mol. The van der Waals surface area contributed by atoms with Crippen LogP contribution in [-0.4, -0.2) is 25.1 Å². The van der Waals surface area contributed by atoms with Gasteiger partial charge in [0.05, 0.1) is 5.92 Å². The summed E-state index contributed by atoms with van der Waals surface area (Å²) in [5.41, 5.74) is 0. The lowest BCUT2D eigenvalue weighted by Crippen LogP contribution is -2.33. The van der Waals surface area contributed by atoms with Crippen molar-refractivity contribution in [2.24, 2.45) is 5.92 Å². The first-order valence-corrected chi connectivity index (χ1v) is 5.80. The van der Waals surface area contributed by atoms with Gasteiger partial charge >= 0.3 is 6.18 Å². The lowest BCUT2D eigenvalue weighted by atomic mass is 10.1. The number of rotatable bonds is 0. The van der Waals surface area contributed by atoms with E-state index in [0.29, 0.717) is 0 Å². The summed E-state index contributed by atoms with van der Waals surface area (Å²) in [5, 5.41) is 0. The van der Waals surface area contributed by atoms with Gasteiger partial charge < -0.3 is 4.52 Å². The second kappa shape index (κ2) is 3.04. The maximum atomic E-state index is 12.2. The summed E-state index contributed by atoms with van der Waals surface area (Å²) in [5.74, 6) is 0.844. The summed E-state index contributed by atoms with van der Waals surface area (Å²) in [6.45, 7) is 1.17. The molecule has 1 fully saturated rings. The first-order valence-electron chi connectivity index (χ1n) is 3.54. The maximum absolute atomic E-state index is 12.2. The average molecular weight is 212 g/mol. The Morgan fingerprint density at radius 3 is 2.46 bits per heavy atom. The van der Waals surface area contributed by atoms with Crippen molar-refractivity contribution in [2.75, 3.05) is 12.8 Å². The van der Waals surface area contributed by atoms with E-state index in [2.05, 4.69) is 4.52 Å². The standard InChI is InChI=1S/C7H8F3O2P/c1-3-5-4-13(2,11)12-6(5)7(8,9)10/h1,5-6H,4H2,2H3. The van der Waals surface area contributed by atoms with Crippen LogP contribution in [0.1, 0.15) is 0 Å². The zero-order valence-corrected chi connectivity index (χ0v) is 7.73. The molecule has 1 rings (SSSR count). The lowest BCUT2D eigenvalue weighted by molar-refractivity contribution is -0.196. The van der Waals surface area contributed by atoms with E-state index in [1.54, 1.807) is 0 Å². The minimum atomic E-state index is -4.53. The van der Waals surface area contributed by atoms with Gasteiger partial charge in [-0.3, -0.25) is 4.57 Å². The first-order chi connectivity index (χ1) is 5.76. The molecule has 0 aromatic rings. The molecule has 1 aliphatic heterocycles. The largest absolute Gasteiger partial charge is 0.416 e. The first kappa shape index (κ1) is 10.6.